The van der Waals surface area contributed by atoms with Crippen LogP contribution in [0.5, 0.6) is 0 Å². The summed E-state index contributed by atoms with van der Waals surface area (Å²) in [6.07, 6.45) is -2.33. The van der Waals surface area contributed by atoms with Crippen LogP contribution in [0.2, 0.25) is 5.15 Å². The van der Waals surface area contributed by atoms with Gasteiger partial charge in [-0.2, -0.15) is 13.2 Å². The Kier molecular flexibility index (Phi) is 6.74. The second-order valence-electron chi connectivity index (χ2n) is 9.87. The molecule has 0 bridgehead atoms. The molecule has 0 aromatic carbocycles. The van der Waals surface area contributed by atoms with Crippen molar-refractivity contribution >= 4 is 35.1 Å². The fourth-order valence-corrected chi connectivity index (χ4v) is 4.14. The molecule has 1 atom stereocenters. The smallest absolute Gasteiger partial charge is 0.420 e. The quantitative estimate of drug-likeness (QED) is 0.533. The summed E-state index contributed by atoms with van der Waals surface area (Å²) in [5, 5.41) is 2.31. The van der Waals surface area contributed by atoms with Gasteiger partial charge in [0, 0.05) is 37.8 Å². The first-order valence-electron chi connectivity index (χ1n) is 11.4. The third-order valence-corrected chi connectivity index (χ3v) is 6.04. The lowest BCUT2D eigenvalue weighted by Gasteiger charge is -2.40. The number of nitrogens with zero attached hydrogens (tertiary/aromatic N) is 5. The summed E-state index contributed by atoms with van der Waals surface area (Å²) in [6, 6.07) is 3.61. The molecule has 1 saturated heterocycles. The fourth-order valence-electron chi connectivity index (χ4n) is 3.90. The number of nitrogens with one attached hydrogen (secondary N) is 1. The normalized spacial score (nSPS) is 19.0. The van der Waals surface area contributed by atoms with Gasteiger partial charge in [0.2, 0.25) is 5.95 Å². The van der Waals surface area contributed by atoms with E-state index < -0.39 is 22.5 Å². The molecule has 0 spiro atoms. The second kappa shape index (κ2) is 9.33. The monoisotopic (exact) mass is 512 g/mol. The van der Waals surface area contributed by atoms with Crippen LogP contribution >= 0.6 is 11.6 Å². The van der Waals surface area contributed by atoms with Crippen molar-refractivity contribution in [3.8, 4) is 0 Å². The predicted molar refractivity (Wildman–Crippen MR) is 126 cm³/mol. The Balaban J connectivity index is 1.49. The Hall–Kier alpha value is -2.82. The number of pyridine rings is 1. The van der Waals surface area contributed by atoms with E-state index in [0.29, 0.717) is 31.5 Å². The maximum atomic E-state index is 12.9. The molecule has 0 unspecified atom stereocenters. The highest BCUT2D eigenvalue weighted by Gasteiger charge is 2.35. The first-order valence-corrected chi connectivity index (χ1v) is 11.8. The van der Waals surface area contributed by atoms with Gasteiger partial charge in [0.25, 0.3) is 0 Å². The molecule has 3 heterocycles. The summed E-state index contributed by atoms with van der Waals surface area (Å²) in [7, 11) is 0. The molecule has 1 amide bonds. The first kappa shape index (κ1) is 25.3. The number of rotatable bonds is 4. The van der Waals surface area contributed by atoms with E-state index in [1.165, 1.54) is 0 Å². The molecular formula is C23H28ClF3N6O2. The summed E-state index contributed by atoms with van der Waals surface area (Å²) >= 11 is 5.73. The number of hydrogen-bond acceptors (Lipinski definition) is 7. The Bertz CT molecular complexity index is 1100. The summed E-state index contributed by atoms with van der Waals surface area (Å²) in [5.74, 6) is 1.00. The van der Waals surface area contributed by atoms with Gasteiger partial charge in [-0.15, -0.1) is 0 Å². The number of ether oxygens (including phenoxy) is 1. The molecule has 8 nitrogen and oxygen atoms in total. The lowest BCUT2D eigenvalue weighted by atomic mass is 10.1. The predicted octanol–water partition coefficient (Wildman–Crippen LogP) is 5.61. The van der Waals surface area contributed by atoms with Crippen LogP contribution < -0.4 is 10.2 Å². The van der Waals surface area contributed by atoms with E-state index >= 15 is 0 Å². The average Bonchev–Trinajstić information content (AvgIpc) is 3.57. The molecule has 1 saturated carbocycles. The molecule has 0 radical (unpaired) electrons. The third kappa shape index (κ3) is 6.06. The Labute approximate surface area is 206 Å². The summed E-state index contributed by atoms with van der Waals surface area (Å²) in [6.45, 7) is 9.21. The largest absolute Gasteiger partial charge is 0.444 e. The van der Waals surface area contributed by atoms with Crippen molar-refractivity contribution < 1.29 is 22.7 Å². The summed E-state index contributed by atoms with van der Waals surface area (Å²) in [4.78, 5) is 28.8. The van der Waals surface area contributed by atoms with Gasteiger partial charge in [0.15, 0.2) is 0 Å². The molecule has 35 heavy (non-hydrogen) atoms. The Morgan fingerprint density at radius 2 is 1.89 bits per heavy atom. The SMILES string of the molecule is C[C@@H]1CN(c2ccc(Nc3ncc(C(F)(F)F)c(Cl)n3)c(C3CC3)n2)CCN1C(=O)OC(C)(C)C. The van der Waals surface area contributed by atoms with Gasteiger partial charge in [0.1, 0.15) is 22.1 Å². The first-order chi connectivity index (χ1) is 16.3. The zero-order valence-corrected chi connectivity index (χ0v) is 20.7. The van der Waals surface area contributed by atoms with Gasteiger partial charge in [-0.05, 0) is 52.7 Å². The minimum atomic E-state index is -4.62. The summed E-state index contributed by atoms with van der Waals surface area (Å²) in [5.41, 5.74) is -0.199. The number of carbonyl (C=O) groups excluding carboxylic acids is 1. The van der Waals surface area contributed by atoms with Crippen molar-refractivity contribution in [2.75, 3.05) is 29.9 Å². The number of aromatic nitrogens is 3. The van der Waals surface area contributed by atoms with Crippen molar-refractivity contribution in [2.45, 2.75) is 64.3 Å². The summed E-state index contributed by atoms with van der Waals surface area (Å²) < 4.78 is 44.4. The van der Waals surface area contributed by atoms with Crippen molar-refractivity contribution in [1.82, 2.24) is 19.9 Å². The zero-order chi connectivity index (χ0) is 25.5. The maximum absolute atomic E-state index is 12.9. The molecule has 1 N–H and O–H groups in total. The number of halogens is 4. The third-order valence-electron chi connectivity index (χ3n) is 5.75. The maximum Gasteiger partial charge on any atom is 0.420 e. The minimum Gasteiger partial charge on any atom is -0.444 e. The average molecular weight is 513 g/mol. The van der Waals surface area contributed by atoms with E-state index in [1.54, 1.807) is 4.90 Å². The van der Waals surface area contributed by atoms with Gasteiger partial charge >= 0.3 is 12.3 Å². The van der Waals surface area contributed by atoms with Crippen molar-refractivity contribution in [3.63, 3.8) is 0 Å². The fraction of sp³-hybridized carbons (Fsp3) is 0.565. The number of carbonyl (C=O) groups is 1. The lowest BCUT2D eigenvalue weighted by Crippen LogP contribution is -2.55. The minimum absolute atomic E-state index is 0.0287. The van der Waals surface area contributed by atoms with Crippen LogP contribution in [0.3, 0.4) is 0 Å². The Morgan fingerprint density at radius 1 is 1.17 bits per heavy atom. The topological polar surface area (TPSA) is 83.5 Å². The number of alkyl halides is 3. The van der Waals surface area contributed by atoms with E-state index in [9.17, 15) is 18.0 Å². The highest BCUT2D eigenvalue weighted by Crippen LogP contribution is 2.44. The van der Waals surface area contributed by atoms with Crippen molar-refractivity contribution in [2.24, 2.45) is 0 Å². The van der Waals surface area contributed by atoms with Gasteiger partial charge < -0.3 is 19.9 Å². The molecule has 1 aliphatic carbocycles. The number of amides is 1. The van der Waals surface area contributed by atoms with Crippen LogP contribution in [0.15, 0.2) is 18.3 Å². The molecule has 2 fully saturated rings. The van der Waals surface area contributed by atoms with E-state index in [2.05, 4.69) is 20.2 Å². The highest BCUT2D eigenvalue weighted by molar-refractivity contribution is 6.30. The van der Waals surface area contributed by atoms with Gasteiger partial charge in [-0.1, -0.05) is 11.6 Å². The van der Waals surface area contributed by atoms with Crippen LogP contribution in [-0.4, -0.2) is 57.2 Å². The van der Waals surface area contributed by atoms with Crippen LogP contribution in [-0.2, 0) is 10.9 Å². The lowest BCUT2D eigenvalue weighted by molar-refractivity contribution is -0.137. The second-order valence-corrected chi connectivity index (χ2v) is 10.2. The zero-order valence-electron chi connectivity index (χ0n) is 20.0. The molecular weight excluding hydrogens is 485 g/mol. The van der Waals surface area contributed by atoms with E-state index in [4.69, 9.17) is 21.3 Å². The number of piperazine rings is 1. The molecule has 2 aliphatic rings. The van der Waals surface area contributed by atoms with Gasteiger partial charge in [0.05, 0.1) is 11.4 Å². The molecule has 190 valence electrons. The van der Waals surface area contributed by atoms with Crippen LogP contribution in [0.4, 0.5) is 35.4 Å². The molecule has 12 heteroatoms. The van der Waals surface area contributed by atoms with E-state index in [0.717, 1.165) is 24.4 Å². The van der Waals surface area contributed by atoms with Crippen molar-refractivity contribution in [3.05, 3.63) is 34.7 Å². The van der Waals surface area contributed by atoms with Crippen LogP contribution in [0, 0.1) is 0 Å². The van der Waals surface area contributed by atoms with Crippen LogP contribution in [0.25, 0.3) is 0 Å². The van der Waals surface area contributed by atoms with Gasteiger partial charge in [-0.3, -0.25) is 0 Å². The molecule has 2 aromatic rings. The standard InChI is InChI=1S/C23H28ClF3N6O2/c1-13-12-32(9-10-33(13)21(34)35-22(2,3)4)17-8-7-16(18(30-17)14-5-6-14)29-20-28-11-15(19(24)31-20)23(25,26)27/h7-8,11,13-14H,5-6,9-10,12H2,1-4H3,(H,28,29,31)/t13-/m1/s1. The highest BCUT2D eigenvalue weighted by atomic mass is 35.5. The molecule has 2 aromatic heterocycles. The number of anilines is 3. The van der Waals surface area contributed by atoms with Crippen LogP contribution in [0.1, 0.15) is 57.7 Å². The number of hydrogen-bond donors (Lipinski definition) is 1. The van der Waals surface area contributed by atoms with E-state index in [1.807, 2.05) is 39.8 Å². The molecule has 4 rings (SSSR count). The molecule has 1 aliphatic heterocycles. The van der Waals surface area contributed by atoms with Gasteiger partial charge in [-0.25, -0.2) is 19.7 Å². The Morgan fingerprint density at radius 3 is 2.46 bits per heavy atom. The van der Waals surface area contributed by atoms with Crippen molar-refractivity contribution in [1.29, 1.82) is 0 Å². The van der Waals surface area contributed by atoms with E-state index in [-0.39, 0.29) is 24.0 Å².